The van der Waals surface area contributed by atoms with Crippen molar-refractivity contribution in [2.45, 2.75) is 20.1 Å². The molecule has 0 radical (unpaired) electrons. The topological polar surface area (TPSA) is 65.8 Å². The first-order chi connectivity index (χ1) is 9.85. The van der Waals surface area contributed by atoms with Crippen LogP contribution >= 0.6 is 0 Å². The fraction of sp³-hybridized carbons (Fsp3) is 0.357. The molecule has 1 aromatic carbocycles. The molecule has 0 saturated heterocycles. The van der Waals surface area contributed by atoms with Gasteiger partial charge in [0.2, 0.25) is 6.79 Å². The molecule has 6 nitrogen and oxygen atoms in total. The molecule has 1 aromatic heterocycles. The minimum Gasteiger partial charge on any atom is -0.454 e. The van der Waals surface area contributed by atoms with E-state index in [1.807, 2.05) is 25.1 Å². The van der Waals surface area contributed by atoms with Crippen LogP contribution in [0.25, 0.3) is 0 Å². The van der Waals surface area contributed by atoms with Gasteiger partial charge in [-0.1, -0.05) is 13.0 Å². The van der Waals surface area contributed by atoms with Gasteiger partial charge in [-0.25, -0.2) is 0 Å². The van der Waals surface area contributed by atoms with Crippen LogP contribution in [0.3, 0.4) is 0 Å². The molecule has 0 amide bonds. The molecule has 1 N–H and O–H groups in total. The van der Waals surface area contributed by atoms with Crippen LogP contribution in [-0.4, -0.2) is 18.3 Å². The van der Waals surface area contributed by atoms with Gasteiger partial charge in [0, 0.05) is 6.54 Å². The summed E-state index contributed by atoms with van der Waals surface area (Å²) in [6.45, 7) is 4.25. The zero-order valence-corrected chi connectivity index (χ0v) is 11.2. The number of benzene rings is 1. The van der Waals surface area contributed by atoms with E-state index in [2.05, 4.69) is 10.3 Å². The fourth-order valence-electron chi connectivity index (χ4n) is 1.86. The minimum absolute atomic E-state index is 0.271. The average Bonchev–Trinajstić information content (AvgIpc) is 3.11. The maximum Gasteiger partial charge on any atom is 0.394 e. The molecular weight excluding hydrogens is 260 g/mol. The summed E-state index contributed by atoms with van der Waals surface area (Å²) in [6.07, 6.45) is 1.87. The molecule has 0 spiro atoms. The second-order valence-electron chi connectivity index (χ2n) is 4.36. The summed E-state index contributed by atoms with van der Waals surface area (Å²) in [5.74, 6) is 1.50. The highest BCUT2D eigenvalue weighted by Gasteiger charge is 2.13. The molecule has 20 heavy (non-hydrogen) atoms. The highest BCUT2D eigenvalue weighted by atomic mass is 16.7. The van der Waals surface area contributed by atoms with Crippen molar-refractivity contribution in [3.63, 3.8) is 0 Å². The standard InChI is InChI=1S/C14H16N2O4/c1-2-15-6-11-8-18-14(16-11)17-7-10-3-4-12-13(5-10)20-9-19-12/h3-5,8,15H,2,6-7,9H2,1H3. The lowest BCUT2D eigenvalue weighted by molar-refractivity contribution is 0.173. The molecule has 0 unspecified atom stereocenters. The molecule has 0 fully saturated rings. The van der Waals surface area contributed by atoms with Crippen LogP contribution in [0.15, 0.2) is 28.9 Å². The summed E-state index contributed by atoms with van der Waals surface area (Å²) in [5, 5.41) is 3.17. The highest BCUT2D eigenvalue weighted by Crippen LogP contribution is 2.32. The number of rotatable bonds is 6. The van der Waals surface area contributed by atoms with Crippen molar-refractivity contribution in [1.82, 2.24) is 10.3 Å². The fourth-order valence-corrected chi connectivity index (χ4v) is 1.86. The normalized spacial score (nSPS) is 12.7. The van der Waals surface area contributed by atoms with Crippen molar-refractivity contribution in [2.24, 2.45) is 0 Å². The molecule has 3 rings (SSSR count). The molecule has 1 aliphatic heterocycles. The SMILES string of the molecule is CCNCc1coc(OCc2ccc3c(c2)OCO3)n1. The molecular formula is C14H16N2O4. The van der Waals surface area contributed by atoms with Crippen LogP contribution in [0.1, 0.15) is 18.2 Å². The molecule has 0 bridgehead atoms. The predicted octanol–water partition coefficient (Wildman–Crippen LogP) is 2.09. The number of fused-ring (bicyclic) bond motifs is 1. The van der Waals surface area contributed by atoms with E-state index >= 15 is 0 Å². The Bertz CT molecular complexity index is 582. The van der Waals surface area contributed by atoms with E-state index in [0.717, 1.165) is 29.3 Å². The van der Waals surface area contributed by atoms with Crippen molar-refractivity contribution in [1.29, 1.82) is 0 Å². The van der Waals surface area contributed by atoms with Gasteiger partial charge in [-0.05, 0) is 24.2 Å². The van der Waals surface area contributed by atoms with E-state index in [4.69, 9.17) is 18.6 Å². The Balaban J connectivity index is 1.57. The molecule has 6 heteroatoms. The Kier molecular flexibility index (Phi) is 3.73. The van der Waals surface area contributed by atoms with E-state index in [1.54, 1.807) is 6.26 Å². The van der Waals surface area contributed by atoms with Gasteiger partial charge in [0.05, 0.1) is 5.69 Å². The van der Waals surface area contributed by atoms with Crippen LogP contribution in [0, 0.1) is 0 Å². The number of oxazole rings is 1. The second kappa shape index (κ2) is 5.83. The van der Waals surface area contributed by atoms with Gasteiger partial charge < -0.3 is 23.9 Å². The Labute approximate surface area is 116 Å². The Morgan fingerprint density at radius 3 is 3.10 bits per heavy atom. The first-order valence-electron chi connectivity index (χ1n) is 6.51. The summed E-state index contributed by atoms with van der Waals surface area (Å²) in [6, 6.07) is 5.69. The lowest BCUT2D eigenvalue weighted by atomic mass is 10.2. The van der Waals surface area contributed by atoms with E-state index in [9.17, 15) is 0 Å². The van der Waals surface area contributed by atoms with Crippen molar-refractivity contribution >= 4 is 0 Å². The largest absolute Gasteiger partial charge is 0.454 e. The number of nitrogens with one attached hydrogen (secondary N) is 1. The van der Waals surface area contributed by atoms with E-state index in [-0.39, 0.29) is 12.9 Å². The molecule has 0 aliphatic carbocycles. The van der Waals surface area contributed by atoms with Crippen LogP contribution in [0.5, 0.6) is 17.6 Å². The summed E-state index contributed by atoms with van der Waals surface area (Å²) < 4.78 is 21.3. The lowest BCUT2D eigenvalue weighted by Crippen LogP contribution is -2.11. The monoisotopic (exact) mass is 276 g/mol. The van der Waals surface area contributed by atoms with Gasteiger partial charge in [-0.2, -0.15) is 4.98 Å². The van der Waals surface area contributed by atoms with Crippen LogP contribution in [0.2, 0.25) is 0 Å². The number of ether oxygens (including phenoxy) is 3. The molecule has 1 aliphatic rings. The van der Waals surface area contributed by atoms with Crippen molar-refractivity contribution < 1.29 is 18.6 Å². The first kappa shape index (κ1) is 12.8. The van der Waals surface area contributed by atoms with Gasteiger partial charge >= 0.3 is 6.08 Å². The van der Waals surface area contributed by atoms with Gasteiger partial charge in [0.25, 0.3) is 0 Å². The summed E-state index contributed by atoms with van der Waals surface area (Å²) in [7, 11) is 0. The van der Waals surface area contributed by atoms with Crippen molar-refractivity contribution in [2.75, 3.05) is 13.3 Å². The van der Waals surface area contributed by atoms with Gasteiger partial charge in [-0.3, -0.25) is 0 Å². The number of hydrogen-bond acceptors (Lipinski definition) is 6. The molecule has 106 valence electrons. The Hall–Kier alpha value is -2.21. The van der Waals surface area contributed by atoms with Gasteiger partial charge in [-0.15, -0.1) is 0 Å². The summed E-state index contributed by atoms with van der Waals surface area (Å²) in [4.78, 5) is 4.23. The third-order valence-electron chi connectivity index (χ3n) is 2.89. The van der Waals surface area contributed by atoms with Crippen molar-refractivity contribution in [3.8, 4) is 17.6 Å². The number of aromatic nitrogens is 1. The lowest BCUT2D eigenvalue weighted by Gasteiger charge is -2.03. The Morgan fingerprint density at radius 1 is 1.30 bits per heavy atom. The summed E-state index contributed by atoms with van der Waals surface area (Å²) in [5.41, 5.74) is 1.80. The van der Waals surface area contributed by atoms with Crippen LogP contribution in [-0.2, 0) is 13.2 Å². The van der Waals surface area contributed by atoms with E-state index in [0.29, 0.717) is 13.2 Å². The summed E-state index contributed by atoms with van der Waals surface area (Å²) >= 11 is 0. The third kappa shape index (κ3) is 2.85. The maximum atomic E-state index is 5.51. The zero-order chi connectivity index (χ0) is 13.8. The average molecular weight is 276 g/mol. The molecule has 0 saturated carbocycles. The molecule has 0 atom stereocenters. The third-order valence-corrected chi connectivity index (χ3v) is 2.89. The van der Waals surface area contributed by atoms with Gasteiger partial charge in [0.1, 0.15) is 12.9 Å². The zero-order valence-electron chi connectivity index (χ0n) is 11.2. The van der Waals surface area contributed by atoms with E-state index < -0.39 is 0 Å². The predicted molar refractivity (Wildman–Crippen MR) is 70.8 cm³/mol. The highest BCUT2D eigenvalue weighted by molar-refractivity contribution is 5.44. The number of nitrogens with zero attached hydrogens (tertiary/aromatic N) is 1. The number of hydrogen-bond donors (Lipinski definition) is 1. The second-order valence-corrected chi connectivity index (χ2v) is 4.36. The Morgan fingerprint density at radius 2 is 2.20 bits per heavy atom. The smallest absolute Gasteiger partial charge is 0.394 e. The first-order valence-corrected chi connectivity index (χ1v) is 6.51. The molecule has 2 heterocycles. The van der Waals surface area contributed by atoms with Crippen LogP contribution < -0.4 is 19.5 Å². The van der Waals surface area contributed by atoms with Crippen LogP contribution in [0.4, 0.5) is 0 Å². The maximum absolute atomic E-state index is 5.51. The quantitative estimate of drug-likeness (QED) is 0.871. The molecule has 2 aromatic rings. The van der Waals surface area contributed by atoms with Gasteiger partial charge in [0.15, 0.2) is 11.5 Å². The van der Waals surface area contributed by atoms with E-state index in [1.165, 1.54) is 0 Å². The minimum atomic E-state index is 0.271. The van der Waals surface area contributed by atoms with Crippen molar-refractivity contribution in [3.05, 3.63) is 35.7 Å².